The number of carbonyl (C=O) groups is 2. The Morgan fingerprint density at radius 2 is 0.765 bits per heavy atom. The smallest absolute Gasteiger partial charge is 0.305 e. The average molecular weight is 1200 g/mol. The molecule has 85 heavy (non-hydrogen) atoms. The van der Waals surface area contributed by atoms with Gasteiger partial charge in [-0.3, -0.25) is 9.59 Å². The number of rotatable bonds is 65. The van der Waals surface area contributed by atoms with Crippen molar-refractivity contribution >= 4 is 11.9 Å². The quantitative estimate of drug-likeness (QED) is 0.0195. The lowest BCUT2D eigenvalue weighted by Crippen LogP contribution is -2.60. The van der Waals surface area contributed by atoms with Crippen molar-refractivity contribution in [2.45, 2.75) is 403 Å². The Morgan fingerprint density at radius 1 is 0.424 bits per heavy atom. The lowest BCUT2D eigenvalue weighted by atomic mass is 9.99. The largest absolute Gasteiger partial charge is 0.466 e. The molecule has 0 aromatic heterocycles. The molecule has 7 atom stereocenters. The van der Waals surface area contributed by atoms with Gasteiger partial charge in [0, 0.05) is 12.8 Å². The number of amides is 1. The number of carbonyl (C=O) groups excluding carboxylic acids is 2. The van der Waals surface area contributed by atoms with Gasteiger partial charge in [0.15, 0.2) is 6.29 Å². The molecule has 0 spiro atoms. The molecule has 0 radical (unpaired) electrons. The number of allylic oxidation sites excluding steroid dienone is 5. The first-order valence-electron chi connectivity index (χ1n) is 36.8. The van der Waals surface area contributed by atoms with Crippen molar-refractivity contribution in [1.82, 2.24) is 5.32 Å². The summed E-state index contributed by atoms with van der Waals surface area (Å²) in [5.74, 6) is -0.174. The lowest BCUT2D eigenvalue weighted by molar-refractivity contribution is -0.302. The molecule has 1 saturated heterocycles. The molecule has 11 heteroatoms. The van der Waals surface area contributed by atoms with Crippen molar-refractivity contribution in [2.75, 3.05) is 19.8 Å². The van der Waals surface area contributed by atoms with E-state index in [1.54, 1.807) is 6.08 Å². The van der Waals surface area contributed by atoms with Gasteiger partial charge in [0.25, 0.3) is 0 Å². The summed E-state index contributed by atoms with van der Waals surface area (Å²) in [6, 6.07) is -0.805. The molecule has 1 aliphatic rings. The standard InChI is InChI=1S/C74H139NO10/c1-3-5-7-9-11-13-41-46-50-54-58-62-70(79)83-63-59-55-51-47-43-40-38-36-34-32-30-28-26-24-22-20-18-16-14-15-17-19-21-23-25-27-29-31-33-35-37-39-42-45-49-53-57-61-69(78)75-66(67(77)60-56-52-48-44-12-10-8-6-4-2)65-84-74-73(82)72(81)71(80)68(64-76)85-74/h9,11,14,16,56,60,66-68,71-74,76-77,80-82H,3-8,10,12-13,15,17-55,57-59,61-65H2,1-2H3,(H,75,78)/b11-9-,16-14-,60-56+. The fourth-order valence-corrected chi connectivity index (χ4v) is 11.6. The number of aliphatic hydroxyl groups is 5. The molecule has 1 fully saturated rings. The van der Waals surface area contributed by atoms with Crippen LogP contribution in [0, 0.1) is 0 Å². The maximum absolute atomic E-state index is 13.0. The SMILES string of the molecule is CCCC/C=C\CCCCCCCC(=O)OCCCCCCCCCCCCCCCCCC/C=C\CCCCCCCCCCCCCCCCCCCC(=O)NC(COC1OC(CO)C(O)C(O)C1O)C(O)/C=C/CCCCCCCCC. The van der Waals surface area contributed by atoms with E-state index in [1.165, 1.54) is 276 Å². The molecule has 0 bridgehead atoms. The van der Waals surface area contributed by atoms with E-state index < -0.39 is 49.5 Å². The lowest BCUT2D eigenvalue weighted by Gasteiger charge is -2.40. The summed E-state index contributed by atoms with van der Waals surface area (Å²) < 4.78 is 16.7. The zero-order valence-corrected chi connectivity index (χ0v) is 55.6. The van der Waals surface area contributed by atoms with Gasteiger partial charge in [0.05, 0.1) is 32.0 Å². The minimum absolute atomic E-state index is 0.00428. The van der Waals surface area contributed by atoms with Crippen LogP contribution in [0.25, 0.3) is 0 Å². The number of aliphatic hydroxyl groups excluding tert-OH is 5. The van der Waals surface area contributed by atoms with E-state index in [1.807, 2.05) is 6.08 Å². The predicted octanol–water partition coefficient (Wildman–Crippen LogP) is 19.0. The third-order valence-electron chi connectivity index (χ3n) is 17.5. The maximum Gasteiger partial charge on any atom is 0.305 e. The van der Waals surface area contributed by atoms with E-state index in [2.05, 4.69) is 43.5 Å². The van der Waals surface area contributed by atoms with Gasteiger partial charge in [-0.2, -0.15) is 0 Å². The van der Waals surface area contributed by atoms with Crippen molar-refractivity contribution in [2.24, 2.45) is 0 Å². The van der Waals surface area contributed by atoms with Crippen molar-refractivity contribution in [1.29, 1.82) is 0 Å². The predicted molar refractivity (Wildman–Crippen MR) is 357 cm³/mol. The number of unbranched alkanes of at least 4 members (excludes halogenated alkanes) is 47. The van der Waals surface area contributed by atoms with Crippen LogP contribution in [0.4, 0.5) is 0 Å². The zero-order chi connectivity index (χ0) is 61.6. The Bertz CT molecular complexity index is 1510. The summed E-state index contributed by atoms with van der Waals surface area (Å²) >= 11 is 0. The molecule has 0 aromatic rings. The second-order valence-corrected chi connectivity index (χ2v) is 25.6. The summed E-state index contributed by atoms with van der Waals surface area (Å²) in [4.78, 5) is 25.0. The Labute approximate surface area is 523 Å². The maximum atomic E-state index is 13.0. The normalized spacial score (nSPS) is 18.1. The molecule has 1 heterocycles. The summed E-state index contributed by atoms with van der Waals surface area (Å²) in [5.41, 5.74) is 0. The highest BCUT2D eigenvalue weighted by Crippen LogP contribution is 2.23. The monoisotopic (exact) mass is 1200 g/mol. The number of hydrogen-bond acceptors (Lipinski definition) is 10. The number of nitrogens with one attached hydrogen (secondary N) is 1. The van der Waals surface area contributed by atoms with E-state index in [-0.39, 0.29) is 18.5 Å². The van der Waals surface area contributed by atoms with Gasteiger partial charge in [-0.15, -0.1) is 0 Å². The van der Waals surface area contributed by atoms with Crippen LogP contribution in [0.3, 0.4) is 0 Å². The fourth-order valence-electron chi connectivity index (χ4n) is 11.6. The minimum Gasteiger partial charge on any atom is -0.466 e. The first-order chi connectivity index (χ1) is 41.7. The number of esters is 1. The first-order valence-corrected chi connectivity index (χ1v) is 36.8. The molecule has 6 N–H and O–H groups in total. The molecule has 1 aliphatic heterocycles. The molecule has 11 nitrogen and oxygen atoms in total. The highest BCUT2D eigenvalue weighted by Gasteiger charge is 2.44. The van der Waals surface area contributed by atoms with Gasteiger partial charge in [0.2, 0.25) is 5.91 Å². The van der Waals surface area contributed by atoms with Crippen molar-refractivity contribution < 1.29 is 49.3 Å². The van der Waals surface area contributed by atoms with Crippen LogP contribution in [0.15, 0.2) is 36.5 Å². The van der Waals surface area contributed by atoms with E-state index >= 15 is 0 Å². The van der Waals surface area contributed by atoms with Crippen LogP contribution in [0.2, 0.25) is 0 Å². The first kappa shape index (κ1) is 80.9. The summed E-state index contributed by atoms with van der Waals surface area (Å²) in [7, 11) is 0. The van der Waals surface area contributed by atoms with Crippen molar-refractivity contribution in [3.05, 3.63) is 36.5 Å². The van der Waals surface area contributed by atoms with Crippen LogP contribution in [0.5, 0.6) is 0 Å². The second-order valence-electron chi connectivity index (χ2n) is 25.6. The third-order valence-corrected chi connectivity index (χ3v) is 17.5. The van der Waals surface area contributed by atoms with Crippen LogP contribution >= 0.6 is 0 Å². The Balaban J connectivity index is 1.88. The summed E-state index contributed by atoms with van der Waals surface area (Å²) in [6.07, 6.45) is 71.8. The van der Waals surface area contributed by atoms with E-state index in [4.69, 9.17) is 14.2 Å². The average Bonchev–Trinajstić information content (AvgIpc) is 3.31. The van der Waals surface area contributed by atoms with Gasteiger partial charge in [-0.05, 0) is 77.0 Å². The Kier molecular flexibility index (Phi) is 60.4. The highest BCUT2D eigenvalue weighted by atomic mass is 16.7. The fraction of sp³-hybridized carbons (Fsp3) is 0.892. The molecule has 0 aliphatic carbocycles. The third kappa shape index (κ3) is 52.4. The van der Waals surface area contributed by atoms with E-state index in [9.17, 15) is 35.1 Å². The van der Waals surface area contributed by atoms with Crippen LogP contribution < -0.4 is 5.32 Å². The molecule has 7 unspecified atom stereocenters. The number of hydrogen-bond donors (Lipinski definition) is 6. The van der Waals surface area contributed by atoms with Gasteiger partial charge >= 0.3 is 5.97 Å². The van der Waals surface area contributed by atoms with Crippen LogP contribution in [-0.2, 0) is 23.8 Å². The molecule has 1 amide bonds. The zero-order valence-electron chi connectivity index (χ0n) is 55.6. The van der Waals surface area contributed by atoms with E-state index in [0.717, 1.165) is 57.8 Å². The summed E-state index contributed by atoms with van der Waals surface area (Å²) in [6.45, 7) is 4.31. The molecular formula is C74H139NO10. The Hall–Kier alpha value is -2.12. The van der Waals surface area contributed by atoms with Gasteiger partial charge in [0.1, 0.15) is 24.4 Å². The van der Waals surface area contributed by atoms with E-state index in [0.29, 0.717) is 19.4 Å². The van der Waals surface area contributed by atoms with Gasteiger partial charge < -0.3 is 45.1 Å². The molecule has 0 aromatic carbocycles. The topological polar surface area (TPSA) is 175 Å². The van der Waals surface area contributed by atoms with Gasteiger partial charge in [-0.25, -0.2) is 0 Å². The van der Waals surface area contributed by atoms with Crippen molar-refractivity contribution in [3.63, 3.8) is 0 Å². The Morgan fingerprint density at radius 3 is 1.16 bits per heavy atom. The van der Waals surface area contributed by atoms with Gasteiger partial charge in [-0.1, -0.05) is 307 Å². The molecule has 500 valence electrons. The second kappa shape index (κ2) is 63.4. The highest BCUT2D eigenvalue weighted by molar-refractivity contribution is 5.76. The van der Waals surface area contributed by atoms with Crippen LogP contribution in [0.1, 0.15) is 361 Å². The molecule has 0 saturated carbocycles. The van der Waals surface area contributed by atoms with Crippen molar-refractivity contribution in [3.8, 4) is 0 Å². The minimum atomic E-state index is -1.57. The summed E-state index contributed by atoms with van der Waals surface area (Å²) in [5, 5.41) is 54.3. The number of ether oxygens (including phenoxy) is 3. The van der Waals surface area contributed by atoms with Crippen LogP contribution in [-0.4, -0.2) is 100 Å². The molecular weight excluding hydrogens is 1060 g/mol. The molecule has 1 rings (SSSR count).